The highest BCUT2D eigenvalue weighted by molar-refractivity contribution is 5.72. The van der Waals surface area contributed by atoms with Gasteiger partial charge in [-0.1, -0.05) is 30.3 Å². The van der Waals surface area contributed by atoms with Gasteiger partial charge in [0.1, 0.15) is 0 Å². The molecule has 0 unspecified atom stereocenters. The number of aliphatic hydroxyl groups excluding tert-OH is 1. The van der Waals surface area contributed by atoms with E-state index in [4.69, 9.17) is 5.11 Å². The lowest BCUT2D eigenvalue weighted by Gasteiger charge is -2.13. The second-order valence-electron chi connectivity index (χ2n) is 3.94. The summed E-state index contributed by atoms with van der Waals surface area (Å²) in [4.78, 5) is 32.4. The van der Waals surface area contributed by atoms with E-state index in [1.54, 1.807) is 0 Å². The number of likely N-dealkylation sites (N-methyl/N-ethyl adjacent to an activating group) is 1. The molecule has 0 fully saturated rings. The SMILES string of the molecule is CN(CCO)C(=O)OOC(=O)CCc1ccccc1. The number of hydrogen-bond donors (Lipinski definition) is 1. The highest BCUT2D eigenvalue weighted by atomic mass is 17.2. The number of amides is 1. The maximum atomic E-state index is 11.3. The normalized spacial score (nSPS) is 9.79. The maximum Gasteiger partial charge on any atom is 0.452 e. The van der Waals surface area contributed by atoms with Crippen molar-refractivity contribution in [1.29, 1.82) is 0 Å². The monoisotopic (exact) mass is 267 g/mol. The van der Waals surface area contributed by atoms with Gasteiger partial charge in [0, 0.05) is 13.6 Å². The van der Waals surface area contributed by atoms with Crippen LogP contribution in [0.2, 0.25) is 0 Å². The summed E-state index contributed by atoms with van der Waals surface area (Å²) in [5, 5.41) is 8.62. The molecule has 0 aliphatic rings. The van der Waals surface area contributed by atoms with Crippen molar-refractivity contribution in [1.82, 2.24) is 4.90 Å². The van der Waals surface area contributed by atoms with Crippen molar-refractivity contribution in [3.63, 3.8) is 0 Å². The Morgan fingerprint density at radius 1 is 1.21 bits per heavy atom. The molecule has 19 heavy (non-hydrogen) atoms. The molecule has 0 saturated carbocycles. The molecule has 1 aromatic carbocycles. The van der Waals surface area contributed by atoms with Crippen LogP contribution in [0.25, 0.3) is 0 Å². The third-order valence-electron chi connectivity index (χ3n) is 2.41. The van der Waals surface area contributed by atoms with Crippen LogP contribution in [0.15, 0.2) is 30.3 Å². The largest absolute Gasteiger partial charge is 0.452 e. The van der Waals surface area contributed by atoms with Crippen molar-refractivity contribution in [3.8, 4) is 0 Å². The van der Waals surface area contributed by atoms with Crippen LogP contribution in [0, 0.1) is 0 Å². The van der Waals surface area contributed by atoms with E-state index in [1.165, 1.54) is 7.05 Å². The van der Waals surface area contributed by atoms with Gasteiger partial charge in [0.2, 0.25) is 0 Å². The van der Waals surface area contributed by atoms with Gasteiger partial charge < -0.3 is 10.0 Å². The van der Waals surface area contributed by atoms with Gasteiger partial charge in [0.25, 0.3) is 0 Å². The van der Waals surface area contributed by atoms with E-state index in [2.05, 4.69) is 9.78 Å². The van der Waals surface area contributed by atoms with E-state index in [-0.39, 0.29) is 19.6 Å². The van der Waals surface area contributed by atoms with Crippen LogP contribution >= 0.6 is 0 Å². The number of hydrogen-bond acceptors (Lipinski definition) is 5. The number of carbonyl (C=O) groups excluding carboxylic acids is 2. The van der Waals surface area contributed by atoms with Crippen molar-refractivity contribution < 1.29 is 24.5 Å². The summed E-state index contributed by atoms with van der Waals surface area (Å²) in [7, 11) is 1.43. The summed E-state index contributed by atoms with van der Waals surface area (Å²) in [6, 6.07) is 9.44. The molecule has 6 nitrogen and oxygen atoms in total. The number of carbonyl (C=O) groups is 2. The van der Waals surface area contributed by atoms with E-state index < -0.39 is 12.1 Å². The summed E-state index contributed by atoms with van der Waals surface area (Å²) < 4.78 is 0. The molecule has 0 atom stereocenters. The average Bonchev–Trinajstić information content (AvgIpc) is 2.43. The smallest absolute Gasteiger partial charge is 0.395 e. The van der Waals surface area contributed by atoms with Gasteiger partial charge in [-0.25, -0.2) is 19.4 Å². The number of aryl methyl sites for hydroxylation is 1. The van der Waals surface area contributed by atoms with Crippen molar-refractivity contribution in [2.45, 2.75) is 12.8 Å². The van der Waals surface area contributed by atoms with Gasteiger partial charge in [-0.05, 0) is 12.0 Å². The second-order valence-corrected chi connectivity index (χ2v) is 3.94. The quantitative estimate of drug-likeness (QED) is 0.639. The fourth-order valence-corrected chi connectivity index (χ4v) is 1.32. The Morgan fingerprint density at radius 2 is 1.89 bits per heavy atom. The Morgan fingerprint density at radius 3 is 2.53 bits per heavy atom. The maximum absolute atomic E-state index is 11.3. The predicted molar refractivity (Wildman–Crippen MR) is 67.1 cm³/mol. The van der Waals surface area contributed by atoms with Gasteiger partial charge in [-0.15, -0.1) is 0 Å². The minimum Gasteiger partial charge on any atom is -0.395 e. The number of rotatable bonds is 5. The Hall–Kier alpha value is -2.08. The van der Waals surface area contributed by atoms with E-state index in [0.29, 0.717) is 6.42 Å². The minimum atomic E-state index is -0.817. The van der Waals surface area contributed by atoms with Crippen LogP contribution < -0.4 is 0 Å². The Balaban J connectivity index is 2.23. The molecule has 0 radical (unpaired) electrons. The van der Waals surface area contributed by atoms with Gasteiger partial charge in [-0.2, -0.15) is 0 Å². The fourth-order valence-electron chi connectivity index (χ4n) is 1.32. The van der Waals surface area contributed by atoms with Crippen LogP contribution in [-0.4, -0.2) is 42.3 Å². The van der Waals surface area contributed by atoms with Gasteiger partial charge in [0.15, 0.2) is 0 Å². The van der Waals surface area contributed by atoms with Crippen molar-refractivity contribution in [2.24, 2.45) is 0 Å². The summed E-state index contributed by atoms with van der Waals surface area (Å²) in [6.45, 7) is -0.0754. The standard InChI is InChI=1S/C13H17NO5/c1-14(9-10-15)13(17)19-18-12(16)8-7-11-5-3-2-4-6-11/h2-6,15H,7-10H2,1H3. The lowest BCUT2D eigenvalue weighted by atomic mass is 10.1. The first-order chi connectivity index (χ1) is 9.13. The lowest BCUT2D eigenvalue weighted by Crippen LogP contribution is -2.30. The molecule has 0 aliphatic heterocycles. The average molecular weight is 267 g/mol. The molecule has 0 spiro atoms. The van der Waals surface area contributed by atoms with Crippen molar-refractivity contribution in [3.05, 3.63) is 35.9 Å². The molecule has 0 bridgehead atoms. The Kier molecular flexibility index (Phi) is 6.38. The van der Waals surface area contributed by atoms with Crippen molar-refractivity contribution in [2.75, 3.05) is 20.2 Å². The molecule has 0 heterocycles. The molecule has 1 amide bonds. The second kappa shape index (κ2) is 8.10. The third-order valence-corrected chi connectivity index (χ3v) is 2.41. The lowest BCUT2D eigenvalue weighted by molar-refractivity contribution is -0.236. The van der Waals surface area contributed by atoms with Gasteiger partial charge >= 0.3 is 12.1 Å². The van der Waals surface area contributed by atoms with E-state index >= 15 is 0 Å². The van der Waals surface area contributed by atoms with Crippen LogP contribution in [0.1, 0.15) is 12.0 Å². The molecule has 0 aromatic heterocycles. The van der Waals surface area contributed by atoms with Crippen molar-refractivity contribution >= 4 is 12.1 Å². The predicted octanol–water partition coefficient (Wildman–Crippen LogP) is 1.14. The first kappa shape index (κ1) is 15.0. The topological polar surface area (TPSA) is 76.1 Å². The molecule has 1 N–H and O–H groups in total. The molecular formula is C13H17NO5. The summed E-state index contributed by atoms with van der Waals surface area (Å²) in [6.07, 6.45) is -0.174. The first-order valence-corrected chi connectivity index (χ1v) is 5.90. The highest BCUT2D eigenvalue weighted by Gasteiger charge is 2.13. The van der Waals surface area contributed by atoms with Crippen LogP contribution in [0.5, 0.6) is 0 Å². The van der Waals surface area contributed by atoms with Crippen LogP contribution in [0.3, 0.4) is 0 Å². The molecular weight excluding hydrogens is 250 g/mol. The number of aliphatic hydroxyl groups is 1. The fraction of sp³-hybridized carbons (Fsp3) is 0.385. The Bertz CT molecular complexity index is 407. The summed E-state index contributed by atoms with van der Waals surface area (Å²) >= 11 is 0. The summed E-state index contributed by atoms with van der Waals surface area (Å²) in [5.74, 6) is -0.616. The van der Waals surface area contributed by atoms with E-state index in [1.807, 2.05) is 30.3 Å². The zero-order valence-corrected chi connectivity index (χ0v) is 10.7. The van der Waals surface area contributed by atoms with Gasteiger partial charge in [-0.3, -0.25) is 0 Å². The summed E-state index contributed by atoms with van der Waals surface area (Å²) in [5.41, 5.74) is 1.00. The molecule has 0 aliphatic carbocycles. The van der Waals surface area contributed by atoms with Crippen LogP contribution in [0.4, 0.5) is 4.79 Å². The van der Waals surface area contributed by atoms with E-state index in [0.717, 1.165) is 10.5 Å². The molecule has 6 heteroatoms. The first-order valence-electron chi connectivity index (χ1n) is 5.90. The molecule has 1 aromatic rings. The zero-order valence-electron chi connectivity index (χ0n) is 10.7. The highest BCUT2D eigenvalue weighted by Crippen LogP contribution is 2.03. The number of benzene rings is 1. The molecule has 104 valence electrons. The molecule has 0 saturated heterocycles. The Labute approximate surface area is 111 Å². The van der Waals surface area contributed by atoms with Crippen LogP contribution in [-0.2, 0) is 21.0 Å². The minimum absolute atomic E-state index is 0.112. The molecule has 1 rings (SSSR count). The zero-order chi connectivity index (χ0) is 14.1. The third kappa shape index (κ3) is 5.87. The number of nitrogens with zero attached hydrogens (tertiary/aromatic N) is 1. The van der Waals surface area contributed by atoms with E-state index in [9.17, 15) is 9.59 Å². The van der Waals surface area contributed by atoms with Gasteiger partial charge in [0.05, 0.1) is 13.0 Å².